The van der Waals surface area contributed by atoms with Gasteiger partial charge in [-0.25, -0.2) is 4.79 Å². The molecule has 0 aliphatic heterocycles. The predicted octanol–water partition coefficient (Wildman–Crippen LogP) is 2.24. The number of amides is 1. The van der Waals surface area contributed by atoms with E-state index in [4.69, 9.17) is 10.5 Å². The first-order valence-electron chi connectivity index (χ1n) is 7.42. The number of esters is 1. The second-order valence-electron chi connectivity index (χ2n) is 5.81. The number of rotatable bonds is 4. The van der Waals surface area contributed by atoms with Gasteiger partial charge in [0.05, 0.1) is 18.1 Å². The molecule has 21 heavy (non-hydrogen) atoms. The molecule has 6 heteroatoms. The molecule has 3 rings (SSSR count). The molecule has 0 aromatic carbocycles. The minimum absolute atomic E-state index is 0.0465. The smallest absolute Gasteiger partial charge is 0.341 e. The summed E-state index contributed by atoms with van der Waals surface area (Å²) >= 11 is 1.34. The maximum Gasteiger partial charge on any atom is 0.341 e. The number of fused-ring (bicyclic) bond motifs is 2. The SMILES string of the molecule is CCOC(=O)c1ccsc1NC(=O)C1C2CCC(C2)C1N. The van der Waals surface area contributed by atoms with E-state index in [1.807, 2.05) is 0 Å². The summed E-state index contributed by atoms with van der Waals surface area (Å²) in [7, 11) is 0. The lowest BCUT2D eigenvalue weighted by Gasteiger charge is -2.26. The van der Waals surface area contributed by atoms with Crippen molar-refractivity contribution in [3.05, 3.63) is 17.0 Å². The maximum atomic E-state index is 12.5. The summed E-state index contributed by atoms with van der Waals surface area (Å²) < 4.78 is 5.00. The fraction of sp³-hybridized carbons (Fsp3) is 0.600. The van der Waals surface area contributed by atoms with Crippen LogP contribution in [0.25, 0.3) is 0 Å². The molecule has 0 saturated heterocycles. The Morgan fingerprint density at radius 3 is 2.86 bits per heavy atom. The highest BCUT2D eigenvalue weighted by molar-refractivity contribution is 7.14. The normalized spacial score (nSPS) is 30.4. The first-order valence-corrected chi connectivity index (χ1v) is 8.30. The lowest BCUT2D eigenvalue weighted by atomic mass is 9.84. The van der Waals surface area contributed by atoms with Gasteiger partial charge in [0.25, 0.3) is 0 Å². The largest absolute Gasteiger partial charge is 0.462 e. The summed E-state index contributed by atoms with van der Waals surface area (Å²) in [6.45, 7) is 2.08. The number of nitrogens with two attached hydrogens (primary N) is 1. The average molecular weight is 308 g/mol. The molecule has 2 saturated carbocycles. The van der Waals surface area contributed by atoms with Crippen molar-refractivity contribution in [1.29, 1.82) is 0 Å². The van der Waals surface area contributed by atoms with Crippen LogP contribution in [0.1, 0.15) is 36.5 Å². The molecule has 2 aliphatic rings. The van der Waals surface area contributed by atoms with Crippen LogP contribution in [0.2, 0.25) is 0 Å². The van der Waals surface area contributed by atoms with Gasteiger partial charge >= 0.3 is 5.97 Å². The van der Waals surface area contributed by atoms with Crippen molar-refractivity contribution < 1.29 is 14.3 Å². The van der Waals surface area contributed by atoms with E-state index in [2.05, 4.69) is 5.32 Å². The maximum absolute atomic E-state index is 12.5. The minimum atomic E-state index is -0.397. The van der Waals surface area contributed by atoms with Crippen molar-refractivity contribution in [1.82, 2.24) is 0 Å². The molecule has 2 fully saturated rings. The second-order valence-corrected chi connectivity index (χ2v) is 6.73. The number of hydrogen-bond donors (Lipinski definition) is 2. The number of carbonyl (C=O) groups is 2. The molecule has 2 bridgehead atoms. The van der Waals surface area contributed by atoms with E-state index in [0.717, 1.165) is 19.3 Å². The Balaban J connectivity index is 1.71. The van der Waals surface area contributed by atoms with Crippen LogP contribution in [0.5, 0.6) is 0 Å². The van der Waals surface area contributed by atoms with Gasteiger partial charge in [0, 0.05) is 6.04 Å². The van der Waals surface area contributed by atoms with Crippen molar-refractivity contribution in [3.8, 4) is 0 Å². The molecule has 5 nitrogen and oxygen atoms in total. The van der Waals surface area contributed by atoms with Gasteiger partial charge in [0.1, 0.15) is 5.00 Å². The van der Waals surface area contributed by atoms with Gasteiger partial charge in [-0.2, -0.15) is 0 Å². The Hall–Kier alpha value is -1.40. The van der Waals surface area contributed by atoms with Crippen LogP contribution < -0.4 is 11.1 Å². The third-order valence-corrected chi connectivity index (χ3v) is 5.51. The first-order chi connectivity index (χ1) is 10.1. The van der Waals surface area contributed by atoms with Gasteiger partial charge in [0.2, 0.25) is 5.91 Å². The number of nitrogens with one attached hydrogen (secondary N) is 1. The molecule has 1 aromatic heterocycles. The van der Waals surface area contributed by atoms with E-state index < -0.39 is 5.97 Å². The van der Waals surface area contributed by atoms with Crippen molar-refractivity contribution >= 4 is 28.2 Å². The third kappa shape index (κ3) is 2.58. The lowest BCUT2D eigenvalue weighted by Crippen LogP contribution is -2.42. The number of carbonyl (C=O) groups excluding carboxylic acids is 2. The van der Waals surface area contributed by atoms with Crippen LogP contribution in [0.15, 0.2) is 11.4 Å². The van der Waals surface area contributed by atoms with Crippen LogP contribution in [0, 0.1) is 17.8 Å². The zero-order valence-electron chi connectivity index (χ0n) is 12.0. The highest BCUT2D eigenvalue weighted by Gasteiger charge is 2.49. The van der Waals surface area contributed by atoms with E-state index in [0.29, 0.717) is 29.0 Å². The van der Waals surface area contributed by atoms with Gasteiger partial charge in [-0.15, -0.1) is 11.3 Å². The number of thiophene rings is 1. The molecule has 3 N–H and O–H groups in total. The molecule has 0 spiro atoms. The molecular formula is C15H20N2O3S. The van der Waals surface area contributed by atoms with E-state index in [1.54, 1.807) is 18.4 Å². The summed E-state index contributed by atoms with van der Waals surface area (Å²) in [4.78, 5) is 24.3. The lowest BCUT2D eigenvalue weighted by molar-refractivity contribution is -0.121. The molecule has 1 amide bonds. The van der Waals surface area contributed by atoms with E-state index in [9.17, 15) is 9.59 Å². The van der Waals surface area contributed by atoms with Gasteiger partial charge in [0.15, 0.2) is 0 Å². The standard InChI is InChI=1S/C15H20N2O3S/c1-2-20-15(19)10-5-6-21-14(10)17-13(18)11-8-3-4-9(7-8)12(11)16/h5-6,8-9,11-12H,2-4,7,16H2,1H3,(H,17,18). The summed E-state index contributed by atoms with van der Waals surface area (Å²) in [5.74, 6) is 0.310. The van der Waals surface area contributed by atoms with Gasteiger partial charge in [-0.3, -0.25) is 4.79 Å². The Bertz CT molecular complexity index is 555. The number of ether oxygens (including phenoxy) is 1. The van der Waals surface area contributed by atoms with Gasteiger partial charge < -0.3 is 15.8 Å². The van der Waals surface area contributed by atoms with Crippen molar-refractivity contribution in [2.75, 3.05) is 11.9 Å². The zero-order chi connectivity index (χ0) is 15.0. The first kappa shape index (κ1) is 14.5. The monoisotopic (exact) mass is 308 g/mol. The van der Waals surface area contributed by atoms with E-state index >= 15 is 0 Å². The predicted molar refractivity (Wildman–Crippen MR) is 81.2 cm³/mol. The van der Waals surface area contributed by atoms with Crippen LogP contribution in [-0.4, -0.2) is 24.5 Å². The van der Waals surface area contributed by atoms with Gasteiger partial charge in [-0.1, -0.05) is 0 Å². The average Bonchev–Trinajstić information content (AvgIpc) is 3.13. The Morgan fingerprint density at radius 2 is 2.19 bits per heavy atom. The quantitative estimate of drug-likeness (QED) is 0.836. The highest BCUT2D eigenvalue weighted by Crippen LogP contribution is 2.48. The molecule has 4 atom stereocenters. The van der Waals surface area contributed by atoms with Crippen LogP contribution in [0.3, 0.4) is 0 Å². The zero-order valence-corrected chi connectivity index (χ0v) is 12.8. The van der Waals surface area contributed by atoms with Crippen molar-refractivity contribution in [3.63, 3.8) is 0 Å². The number of anilines is 1. The van der Waals surface area contributed by atoms with E-state index in [1.165, 1.54) is 11.3 Å². The van der Waals surface area contributed by atoms with Crippen LogP contribution >= 0.6 is 11.3 Å². The fourth-order valence-electron chi connectivity index (χ4n) is 3.70. The van der Waals surface area contributed by atoms with Crippen molar-refractivity contribution in [2.24, 2.45) is 23.5 Å². The Labute approximate surface area is 127 Å². The molecular weight excluding hydrogens is 288 g/mol. The third-order valence-electron chi connectivity index (χ3n) is 4.68. The van der Waals surface area contributed by atoms with Crippen LogP contribution in [0.4, 0.5) is 5.00 Å². The molecule has 1 aromatic rings. The Morgan fingerprint density at radius 1 is 1.43 bits per heavy atom. The molecule has 2 aliphatic carbocycles. The number of hydrogen-bond acceptors (Lipinski definition) is 5. The topological polar surface area (TPSA) is 81.4 Å². The minimum Gasteiger partial charge on any atom is -0.462 e. The summed E-state index contributed by atoms with van der Waals surface area (Å²) in [6.07, 6.45) is 3.29. The van der Waals surface area contributed by atoms with Crippen LogP contribution in [-0.2, 0) is 9.53 Å². The molecule has 4 unspecified atom stereocenters. The molecule has 1 heterocycles. The summed E-state index contributed by atoms with van der Waals surface area (Å²) in [5.41, 5.74) is 6.61. The summed E-state index contributed by atoms with van der Waals surface area (Å²) in [6, 6.07) is 1.63. The fourth-order valence-corrected chi connectivity index (χ4v) is 4.47. The molecule has 114 valence electrons. The highest BCUT2D eigenvalue weighted by atomic mass is 32.1. The van der Waals surface area contributed by atoms with Crippen molar-refractivity contribution in [2.45, 2.75) is 32.2 Å². The molecule has 0 radical (unpaired) electrons. The summed E-state index contributed by atoms with van der Waals surface area (Å²) in [5, 5.41) is 5.23. The Kier molecular flexibility index (Phi) is 3.99. The van der Waals surface area contributed by atoms with Gasteiger partial charge in [-0.05, 0) is 49.5 Å². The second kappa shape index (κ2) is 5.77. The van der Waals surface area contributed by atoms with E-state index in [-0.39, 0.29) is 17.9 Å².